The summed E-state index contributed by atoms with van der Waals surface area (Å²) in [5, 5.41) is 12.0. The predicted molar refractivity (Wildman–Crippen MR) is 60.2 cm³/mol. The molecule has 1 rings (SSSR count). The maximum Gasteiger partial charge on any atom is 0.339 e. The number of hydrogen-bond acceptors (Lipinski definition) is 3. The Bertz CT molecular complexity index is 414. The molecule has 0 amide bonds. The number of hydrogen-bond donors (Lipinski definition) is 2. The first-order chi connectivity index (χ1) is 7.54. The lowest BCUT2D eigenvalue weighted by atomic mass is 10.2. The molecule has 1 aromatic heterocycles. The van der Waals surface area contributed by atoms with Crippen molar-refractivity contribution in [2.45, 2.75) is 32.9 Å². The van der Waals surface area contributed by atoms with Crippen molar-refractivity contribution in [3.05, 3.63) is 23.2 Å². The monoisotopic (exact) mass is 221 g/mol. The van der Waals surface area contributed by atoms with Gasteiger partial charge in [0.15, 0.2) is 0 Å². The van der Waals surface area contributed by atoms with Gasteiger partial charge < -0.3 is 14.8 Å². The van der Waals surface area contributed by atoms with E-state index in [2.05, 4.69) is 11.2 Å². The van der Waals surface area contributed by atoms with Crippen molar-refractivity contribution in [2.75, 3.05) is 0 Å². The number of furan rings is 1. The lowest BCUT2D eigenvalue weighted by molar-refractivity contribution is 0.0695. The van der Waals surface area contributed by atoms with Crippen LogP contribution in [0.15, 0.2) is 10.5 Å². The normalized spacial score (nSPS) is 12.1. The van der Waals surface area contributed by atoms with Crippen molar-refractivity contribution < 1.29 is 14.3 Å². The number of aryl methyl sites for hydroxylation is 1. The van der Waals surface area contributed by atoms with E-state index in [-0.39, 0.29) is 11.6 Å². The number of aromatic carboxylic acids is 1. The summed E-state index contributed by atoms with van der Waals surface area (Å²) in [7, 11) is 0. The maximum absolute atomic E-state index is 10.8. The molecule has 0 aliphatic heterocycles. The summed E-state index contributed by atoms with van der Waals surface area (Å²) < 4.78 is 5.31. The minimum absolute atomic E-state index is 0.184. The second kappa shape index (κ2) is 5.38. The summed E-state index contributed by atoms with van der Waals surface area (Å²) >= 11 is 0. The third kappa shape index (κ3) is 3.14. The van der Waals surface area contributed by atoms with Crippen LogP contribution in [0.2, 0.25) is 0 Å². The van der Waals surface area contributed by atoms with Gasteiger partial charge in [0.25, 0.3) is 0 Å². The Balaban J connectivity index is 2.59. The zero-order valence-corrected chi connectivity index (χ0v) is 9.41. The van der Waals surface area contributed by atoms with Crippen LogP contribution < -0.4 is 5.32 Å². The predicted octanol–water partition coefficient (Wildman–Crippen LogP) is 1.79. The van der Waals surface area contributed by atoms with Crippen LogP contribution in [0.25, 0.3) is 0 Å². The molecular formula is C12H15NO3. The van der Waals surface area contributed by atoms with Gasteiger partial charge in [-0.05, 0) is 19.9 Å². The van der Waals surface area contributed by atoms with Crippen molar-refractivity contribution >= 4 is 5.97 Å². The minimum atomic E-state index is -0.968. The van der Waals surface area contributed by atoms with E-state index in [4.69, 9.17) is 15.9 Å². The van der Waals surface area contributed by atoms with Gasteiger partial charge in [-0.2, -0.15) is 0 Å². The third-order valence-electron chi connectivity index (χ3n) is 2.25. The molecule has 4 nitrogen and oxygen atoms in total. The fourth-order valence-electron chi connectivity index (χ4n) is 1.37. The Morgan fingerprint density at radius 3 is 2.94 bits per heavy atom. The highest BCUT2D eigenvalue weighted by molar-refractivity contribution is 5.88. The van der Waals surface area contributed by atoms with E-state index in [1.807, 2.05) is 6.92 Å². The average molecular weight is 221 g/mol. The highest BCUT2D eigenvalue weighted by Gasteiger charge is 2.13. The van der Waals surface area contributed by atoms with Gasteiger partial charge >= 0.3 is 5.97 Å². The molecule has 0 bridgehead atoms. The van der Waals surface area contributed by atoms with Crippen LogP contribution in [-0.2, 0) is 6.54 Å². The molecule has 0 aliphatic rings. The highest BCUT2D eigenvalue weighted by Crippen LogP contribution is 2.14. The first-order valence-electron chi connectivity index (χ1n) is 5.04. The summed E-state index contributed by atoms with van der Waals surface area (Å²) in [5.74, 6) is 2.62. The molecule has 86 valence electrons. The topological polar surface area (TPSA) is 62.5 Å². The molecule has 1 unspecified atom stereocenters. The molecule has 2 N–H and O–H groups in total. The molecule has 1 heterocycles. The molecule has 0 saturated heterocycles. The van der Waals surface area contributed by atoms with Gasteiger partial charge in [0.2, 0.25) is 0 Å². The standard InChI is InChI=1S/C12H15NO3/c1-4-5-8(2)13-7-10-6-11(12(14)15)9(3)16-10/h1,6,8,13H,5,7H2,2-3H3,(H,14,15). The van der Waals surface area contributed by atoms with E-state index in [9.17, 15) is 4.79 Å². The van der Waals surface area contributed by atoms with E-state index in [1.165, 1.54) is 6.07 Å². The SMILES string of the molecule is C#CCC(C)NCc1cc(C(=O)O)c(C)o1. The van der Waals surface area contributed by atoms with E-state index in [0.717, 1.165) is 0 Å². The fourth-order valence-corrected chi connectivity index (χ4v) is 1.37. The van der Waals surface area contributed by atoms with Crippen LogP contribution in [0.3, 0.4) is 0 Å². The van der Waals surface area contributed by atoms with Crippen LogP contribution in [0, 0.1) is 19.3 Å². The van der Waals surface area contributed by atoms with Crippen LogP contribution in [0.4, 0.5) is 0 Å². The molecule has 0 saturated carbocycles. The Hall–Kier alpha value is -1.73. The lowest BCUT2D eigenvalue weighted by Crippen LogP contribution is -2.24. The molecule has 1 atom stereocenters. The van der Waals surface area contributed by atoms with Gasteiger partial charge in [-0.15, -0.1) is 12.3 Å². The zero-order chi connectivity index (χ0) is 12.1. The molecule has 0 spiro atoms. The van der Waals surface area contributed by atoms with Crippen LogP contribution >= 0.6 is 0 Å². The molecule has 0 aromatic carbocycles. The van der Waals surface area contributed by atoms with Crippen molar-refractivity contribution in [1.29, 1.82) is 0 Å². The van der Waals surface area contributed by atoms with Crippen molar-refractivity contribution in [1.82, 2.24) is 5.32 Å². The summed E-state index contributed by atoms with van der Waals surface area (Å²) in [6, 6.07) is 1.72. The second-order valence-electron chi connectivity index (χ2n) is 3.68. The van der Waals surface area contributed by atoms with Crippen molar-refractivity contribution in [2.24, 2.45) is 0 Å². The largest absolute Gasteiger partial charge is 0.478 e. The first kappa shape index (κ1) is 12.3. The highest BCUT2D eigenvalue weighted by atomic mass is 16.4. The molecule has 16 heavy (non-hydrogen) atoms. The zero-order valence-electron chi connectivity index (χ0n) is 9.41. The van der Waals surface area contributed by atoms with E-state index in [0.29, 0.717) is 24.5 Å². The molecular weight excluding hydrogens is 206 g/mol. The Labute approximate surface area is 94.7 Å². The quantitative estimate of drug-likeness (QED) is 0.744. The van der Waals surface area contributed by atoms with Gasteiger partial charge in [-0.25, -0.2) is 4.79 Å². The molecule has 0 aliphatic carbocycles. The summed E-state index contributed by atoms with van der Waals surface area (Å²) in [6.45, 7) is 4.09. The number of carbonyl (C=O) groups is 1. The van der Waals surface area contributed by atoms with Crippen LogP contribution in [-0.4, -0.2) is 17.1 Å². The van der Waals surface area contributed by atoms with Gasteiger partial charge in [0.05, 0.1) is 6.54 Å². The maximum atomic E-state index is 10.8. The van der Waals surface area contributed by atoms with Crippen LogP contribution in [0.1, 0.15) is 35.2 Å². The lowest BCUT2D eigenvalue weighted by Gasteiger charge is -2.08. The summed E-state index contributed by atoms with van der Waals surface area (Å²) in [4.78, 5) is 10.8. The molecule has 1 aromatic rings. The third-order valence-corrected chi connectivity index (χ3v) is 2.25. The number of carboxylic acid groups (broad SMARTS) is 1. The van der Waals surface area contributed by atoms with Gasteiger partial charge in [0, 0.05) is 12.5 Å². The van der Waals surface area contributed by atoms with Gasteiger partial charge in [0.1, 0.15) is 17.1 Å². The number of nitrogens with one attached hydrogen (secondary N) is 1. The molecule has 4 heteroatoms. The number of carboxylic acids is 1. The number of terminal acetylenes is 1. The van der Waals surface area contributed by atoms with E-state index < -0.39 is 5.97 Å². The van der Waals surface area contributed by atoms with Crippen molar-refractivity contribution in [3.63, 3.8) is 0 Å². The van der Waals surface area contributed by atoms with Gasteiger partial charge in [-0.1, -0.05) is 0 Å². The Morgan fingerprint density at radius 1 is 1.75 bits per heavy atom. The van der Waals surface area contributed by atoms with E-state index >= 15 is 0 Å². The summed E-state index contributed by atoms with van der Waals surface area (Å²) in [5.41, 5.74) is 0.210. The molecule has 0 fully saturated rings. The average Bonchev–Trinajstić information content (AvgIpc) is 2.57. The van der Waals surface area contributed by atoms with Gasteiger partial charge in [-0.3, -0.25) is 0 Å². The minimum Gasteiger partial charge on any atom is -0.478 e. The Kier molecular flexibility index (Phi) is 4.15. The fraction of sp³-hybridized carbons (Fsp3) is 0.417. The smallest absolute Gasteiger partial charge is 0.339 e. The van der Waals surface area contributed by atoms with Crippen LogP contribution in [0.5, 0.6) is 0 Å². The first-order valence-corrected chi connectivity index (χ1v) is 5.04. The summed E-state index contributed by atoms with van der Waals surface area (Å²) in [6.07, 6.45) is 5.81. The second-order valence-corrected chi connectivity index (χ2v) is 3.68. The number of rotatable bonds is 5. The van der Waals surface area contributed by atoms with Crippen molar-refractivity contribution in [3.8, 4) is 12.3 Å². The Morgan fingerprint density at radius 2 is 2.44 bits per heavy atom. The van der Waals surface area contributed by atoms with E-state index in [1.54, 1.807) is 6.92 Å². The molecule has 0 radical (unpaired) electrons.